The molecule has 0 aromatic heterocycles. The van der Waals surface area contributed by atoms with Crippen LogP contribution < -0.4 is 4.74 Å². The molecule has 0 amide bonds. The minimum absolute atomic E-state index is 0.0698. The molecule has 0 aliphatic carbocycles. The lowest BCUT2D eigenvalue weighted by atomic mass is 9.89. The number of hydrogen-bond donors (Lipinski definition) is 0. The Bertz CT molecular complexity index is 1590. The van der Waals surface area contributed by atoms with Crippen LogP contribution in [0.2, 0.25) is 5.02 Å². The van der Waals surface area contributed by atoms with Gasteiger partial charge in [-0.3, -0.25) is 29.3 Å². The van der Waals surface area contributed by atoms with Crippen molar-refractivity contribution in [2.45, 2.75) is 91.0 Å². The molecule has 0 N–H and O–H groups in total. The second-order valence-electron chi connectivity index (χ2n) is 11.5. The fourth-order valence-electron chi connectivity index (χ4n) is 5.15. The number of ether oxygens (including phenoxy) is 7. The van der Waals surface area contributed by atoms with E-state index in [-0.39, 0.29) is 23.8 Å². The maximum absolute atomic E-state index is 12.3. The van der Waals surface area contributed by atoms with E-state index in [1.165, 1.54) is 39.0 Å². The van der Waals surface area contributed by atoms with Gasteiger partial charge in [0, 0.05) is 38.8 Å². The third kappa shape index (κ3) is 10.4. The van der Waals surface area contributed by atoms with Crippen molar-refractivity contribution in [3.63, 3.8) is 0 Å². The zero-order valence-electron chi connectivity index (χ0n) is 28.0. The van der Waals surface area contributed by atoms with Gasteiger partial charge < -0.3 is 33.2 Å². The summed E-state index contributed by atoms with van der Waals surface area (Å²) in [4.78, 5) is 71.9. The zero-order chi connectivity index (χ0) is 36.6. The number of esters is 5. The van der Waals surface area contributed by atoms with Crippen LogP contribution >= 0.6 is 11.6 Å². The van der Waals surface area contributed by atoms with Crippen molar-refractivity contribution in [1.82, 2.24) is 0 Å². The number of carbonyl (C=O) groups excluding carboxylic acids is 5. The molecule has 3 rings (SSSR count). The van der Waals surface area contributed by atoms with E-state index >= 15 is 0 Å². The van der Waals surface area contributed by atoms with Gasteiger partial charge >= 0.3 is 35.5 Å². The summed E-state index contributed by atoms with van der Waals surface area (Å²) in [6.45, 7) is 8.73. The van der Waals surface area contributed by atoms with E-state index in [9.17, 15) is 34.1 Å². The molecule has 266 valence electrons. The fourth-order valence-corrected chi connectivity index (χ4v) is 5.33. The van der Waals surface area contributed by atoms with Gasteiger partial charge in [-0.1, -0.05) is 29.8 Å². The summed E-state index contributed by atoms with van der Waals surface area (Å²) in [5.74, 6) is -3.80. The molecule has 16 heteroatoms. The number of nitro benzene ring substituents is 1. The Morgan fingerprint density at radius 1 is 0.857 bits per heavy atom. The Hall–Kier alpha value is -4.76. The molecule has 15 nitrogen and oxygen atoms in total. The first-order valence-electron chi connectivity index (χ1n) is 15.2. The lowest BCUT2D eigenvalue weighted by Crippen LogP contribution is -2.59. The van der Waals surface area contributed by atoms with Gasteiger partial charge in [-0.05, 0) is 56.0 Å². The van der Waals surface area contributed by atoms with Crippen LogP contribution in [0, 0.1) is 10.1 Å². The molecule has 2 aromatic carbocycles. The third-order valence-corrected chi connectivity index (χ3v) is 7.50. The van der Waals surface area contributed by atoms with Gasteiger partial charge in [-0.2, -0.15) is 0 Å². The topological polar surface area (TPSA) is 193 Å². The maximum Gasteiger partial charge on any atom is 0.349 e. The Kier molecular flexibility index (Phi) is 13.1. The van der Waals surface area contributed by atoms with Gasteiger partial charge in [0.2, 0.25) is 5.60 Å². The van der Waals surface area contributed by atoms with Crippen molar-refractivity contribution >= 4 is 47.1 Å². The minimum atomic E-state index is -1.51. The van der Waals surface area contributed by atoms with Gasteiger partial charge in [-0.25, -0.2) is 4.79 Å². The van der Waals surface area contributed by atoms with E-state index in [4.69, 9.17) is 44.8 Å². The number of nitro groups is 1. The molecule has 0 spiro atoms. The number of nitrogens with zero attached hydrogens (tertiary/aromatic N) is 1. The minimum Gasteiger partial charge on any atom is -0.469 e. The molecular weight excluding hydrogens is 670 g/mol. The second kappa shape index (κ2) is 16.6. The highest BCUT2D eigenvalue weighted by Gasteiger charge is 2.52. The van der Waals surface area contributed by atoms with Crippen molar-refractivity contribution < 1.29 is 62.1 Å². The zero-order valence-corrected chi connectivity index (χ0v) is 28.8. The number of benzene rings is 2. The Balaban J connectivity index is 2.05. The molecule has 3 unspecified atom stereocenters. The first kappa shape index (κ1) is 38.7. The molecule has 1 aliphatic rings. The number of halogens is 1. The first-order valence-corrected chi connectivity index (χ1v) is 15.5. The molecule has 1 heterocycles. The Morgan fingerprint density at radius 2 is 1.47 bits per heavy atom. The van der Waals surface area contributed by atoms with E-state index in [1.54, 1.807) is 25.1 Å². The van der Waals surface area contributed by atoms with Crippen LogP contribution in [0.5, 0.6) is 5.75 Å². The molecule has 1 saturated heterocycles. The molecule has 5 atom stereocenters. The van der Waals surface area contributed by atoms with Crippen LogP contribution in [-0.4, -0.2) is 78.0 Å². The average molecular weight is 708 g/mol. The predicted octanol–water partition coefficient (Wildman–Crippen LogP) is 4.36. The average Bonchev–Trinajstić information content (AvgIpc) is 2.99. The molecule has 2 aromatic rings. The van der Waals surface area contributed by atoms with Gasteiger partial charge in [0.15, 0.2) is 24.1 Å². The summed E-state index contributed by atoms with van der Waals surface area (Å²) in [7, 11) is 0. The van der Waals surface area contributed by atoms with E-state index in [0.29, 0.717) is 16.7 Å². The van der Waals surface area contributed by atoms with Crippen LogP contribution in [0.15, 0.2) is 36.4 Å². The molecular formula is C33H38ClNO14. The van der Waals surface area contributed by atoms with Crippen molar-refractivity contribution in [1.29, 1.82) is 0 Å². The van der Waals surface area contributed by atoms with E-state index in [0.717, 1.165) is 20.8 Å². The summed E-state index contributed by atoms with van der Waals surface area (Å²) in [5, 5.41) is 12.3. The van der Waals surface area contributed by atoms with Gasteiger partial charge in [0.05, 0.1) is 11.5 Å². The Labute approximate surface area is 287 Å². The van der Waals surface area contributed by atoms with Gasteiger partial charge in [0.1, 0.15) is 18.8 Å². The van der Waals surface area contributed by atoms with E-state index < -0.39 is 83.2 Å². The highest BCUT2D eigenvalue weighted by molar-refractivity contribution is 6.31. The molecule has 0 radical (unpaired) electrons. The van der Waals surface area contributed by atoms with Crippen LogP contribution in [0.25, 0.3) is 0 Å². The Morgan fingerprint density at radius 3 is 2.04 bits per heavy atom. The SMILES string of the molecule is CCOC(=O)C(C)(C)Oc1ccc(Cc2cc(C3OC(COC(C)=O)[C@@H](OC(C)=O)C(OC(C)=O)[C@H]3OC(C)=O)ccc2Cl)cc1[N+](=O)[O-]. The summed E-state index contributed by atoms with van der Waals surface area (Å²) >= 11 is 6.56. The molecule has 0 saturated carbocycles. The lowest BCUT2D eigenvalue weighted by molar-refractivity contribution is -0.386. The number of rotatable bonds is 13. The summed E-state index contributed by atoms with van der Waals surface area (Å²) in [6, 6.07) is 8.95. The van der Waals surface area contributed by atoms with Gasteiger partial charge in [0.25, 0.3) is 0 Å². The highest BCUT2D eigenvalue weighted by atomic mass is 35.5. The number of carbonyl (C=O) groups is 5. The predicted molar refractivity (Wildman–Crippen MR) is 170 cm³/mol. The molecule has 49 heavy (non-hydrogen) atoms. The fraction of sp³-hybridized carbons (Fsp3) is 0.485. The molecule has 0 bridgehead atoms. The summed E-state index contributed by atoms with van der Waals surface area (Å²) < 4.78 is 38.6. The van der Waals surface area contributed by atoms with Crippen molar-refractivity contribution in [3.8, 4) is 5.75 Å². The molecule has 1 fully saturated rings. The third-order valence-electron chi connectivity index (χ3n) is 7.14. The largest absolute Gasteiger partial charge is 0.469 e. The standard InChI is InChI=1S/C33H38ClNO14/c1-8-43-32(40)33(6,7)49-26-12-9-21(14-25(26)35(41)42)13-23-15-22(10-11-24(23)34)28-30(46-19(4)38)31(47-20(5)39)29(45-18(3)37)27(48-28)16-44-17(2)36/h9-12,14-15,27-31H,8,13,16H2,1-7H3/t27?,28?,29-,30+,31?/m1/s1. The van der Waals surface area contributed by atoms with Crippen LogP contribution in [0.4, 0.5) is 5.69 Å². The second-order valence-corrected chi connectivity index (χ2v) is 11.9. The summed E-state index contributed by atoms with van der Waals surface area (Å²) in [6.07, 6.45) is -6.30. The summed E-state index contributed by atoms with van der Waals surface area (Å²) in [5.41, 5.74) is -0.607. The highest BCUT2D eigenvalue weighted by Crippen LogP contribution is 2.39. The molecule has 1 aliphatic heterocycles. The monoisotopic (exact) mass is 707 g/mol. The van der Waals surface area contributed by atoms with E-state index in [2.05, 4.69) is 0 Å². The van der Waals surface area contributed by atoms with Crippen molar-refractivity contribution in [2.24, 2.45) is 0 Å². The van der Waals surface area contributed by atoms with Crippen LogP contribution in [-0.2, 0) is 58.8 Å². The smallest absolute Gasteiger partial charge is 0.349 e. The number of hydrogen-bond acceptors (Lipinski definition) is 14. The van der Waals surface area contributed by atoms with Crippen molar-refractivity contribution in [2.75, 3.05) is 13.2 Å². The van der Waals surface area contributed by atoms with Crippen molar-refractivity contribution in [3.05, 3.63) is 68.2 Å². The van der Waals surface area contributed by atoms with Crippen LogP contribution in [0.1, 0.15) is 71.3 Å². The van der Waals surface area contributed by atoms with E-state index in [1.807, 2.05) is 0 Å². The lowest BCUT2D eigenvalue weighted by Gasteiger charge is -2.44. The normalized spacial score (nSPS) is 20.4. The first-order chi connectivity index (χ1) is 22.9. The maximum atomic E-state index is 12.3. The van der Waals surface area contributed by atoms with Crippen LogP contribution in [0.3, 0.4) is 0 Å². The quantitative estimate of drug-likeness (QED) is 0.123. The van der Waals surface area contributed by atoms with Gasteiger partial charge in [-0.15, -0.1) is 0 Å².